The van der Waals surface area contributed by atoms with E-state index >= 15 is 0 Å². The van der Waals surface area contributed by atoms with E-state index < -0.39 is 52.8 Å². The first-order valence-electron chi connectivity index (χ1n) is 6.52. The summed E-state index contributed by atoms with van der Waals surface area (Å²) in [7, 11) is 0. The number of halogens is 10. The number of amidine groups is 2. The molecule has 0 atom stereocenters. The Bertz CT molecular complexity index is 740. The average Bonchev–Trinajstić information content (AvgIpc) is 2.46. The highest BCUT2D eigenvalue weighted by molar-refractivity contribution is 6.07. The number of hydrogen-bond acceptors (Lipinski definition) is 3. The number of hydrogen-bond donors (Lipinski definition) is 1. The summed E-state index contributed by atoms with van der Waals surface area (Å²) in [5.74, 6) is -6.43. The number of aliphatic imine (C=N–C) groups is 2. The number of alkyl halides is 9. The van der Waals surface area contributed by atoms with Gasteiger partial charge in [-0.2, -0.15) is 39.5 Å². The van der Waals surface area contributed by atoms with E-state index in [0.29, 0.717) is 6.07 Å². The molecular weight excluding hydrogens is 388 g/mol. The van der Waals surface area contributed by atoms with Crippen molar-refractivity contribution in [2.24, 2.45) is 9.98 Å². The van der Waals surface area contributed by atoms with Crippen molar-refractivity contribution in [2.75, 3.05) is 0 Å². The van der Waals surface area contributed by atoms with Crippen LogP contribution in [0.4, 0.5) is 43.9 Å². The van der Waals surface area contributed by atoms with Crippen LogP contribution < -0.4 is 5.32 Å². The monoisotopic (exact) mass is 395 g/mol. The quantitative estimate of drug-likeness (QED) is 0.705. The van der Waals surface area contributed by atoms with Crippen LogP contribution in [0.1, 0.15) is 11.1 Å². The first-order valence-corrected chi connectivity index (χ1v) is 6.52. The molecule has 0 aromatic heterocycles. The van der Waals surface area contributed by atoms with Crippen molar-refractivity contribution >= 4 is 11.7 Å². The molecule has 13 heteroatoms. The Morgan fingerprint density at radius 2 is 1.31 bits per heavy atom. The molecule has 1 aromatic rings. The topological polar surface area (TPSA) is 36.8 Å². The molecule has 0 radical (unpaired) electrons. The molecule has 0 fully saturated rings. The van der Waals surface area contributed by atoms with Gasteiger partial charge in [0.05, 0.1) is 0 Å². The highest BCUT2D eigenvalue weighted by Crippen LogP contribution is 2.47. The molecule has 1 aliphatic rings. The third kappa shape index (κ3) is 3.46. The van der Waals surface area contributed by atoms with E-state index in [-0.39, 0.29) is 6.07 Å². The number of benzene rings is 1. The molecule has 1 N–H and O–H groups in total. The predicted octanol–water partition coefficient (Wildman–Crippen LogP) is 4.37. The summed E-state index contributed by atoms with van der Waals surface area (Å²) in [6, 6.07) is 1.58. The summed E-state index contributed by atoms with van der Waals surface area (Å²) in [4.78, 5) is 4.79. The van der Waals surface area contributed by atoms with Crippen molar-refractivity contribution in [1.29, 1.82) is 0 Å². The van der Waals surface area contributed by atoms with E-state index in [1.807, 2.05) is 0 Å². The Hall–Kier alpha value is -2.34. The summed E-state index contributed by atoms with van der Waals surface area (Å²) in [6.45, 7) is 0.940. The fraction of sp³-hybridized carbons (Fsp3) is 0.385. The lowest BCUT2D eigenvalue weighted by Crippen LogP contribution is -2.55. The fourth-order valence-corrected chi connectivity index (χ4v) is 2.15. The van der Waals surface area contributed by atoms with Gasteiger partial charge in [-0.1, -0.05) is 6.07 Å². The molecule has 0 aliphatic carbocycles. The van der Waals surface area contributed by atoms with Gasteiger partial charge in [0.25, 0.3) is 5.66 Å². The lowest BCUT2D eigenvalue weighted by molar-refractivity contribution is -0.188. The first kappa shape index (κ1) is 20.0. The van der Waals surface area contributed by atoms with Crippen LogP contribution in [0.5, 0.6) is 0 Å². The third-order valence-corrected chi connectivity index (χ3v) is 3.29. The van der Waals surface area contributed by atoms with Crippen molar-refractivity contribution in [3.63, 3.8) is 0 Å². The van der Waals surface area contributed by atoms with E-state index in [1.165, 1.54) is 0 Å². The summed E-state index contributed by atoms with van der Waals surface area (Å²) in [5.41, 5.74) is -6.07. The van der Waals surface area contributed by atoms with Gasteiger partial charge in [0.15, 0.2) is 0 Å². The zero-order chi connectivity index (χ0) is 20.1. The van der Waals surface area contributed by atoms with Crippen molar-refractivity contribution in [3.05, 3.63) is 35.1 Å². The number of rotatable bonds is 1. The van der Waals surface area contributed by atoms with E-state index in [4.69, 9.17) is 0 Å². The number of nitrogens with zero attached hydrogens (tertiary/aromatic N) is 2. The van der Waals surface area contributed by atoms with Gasteiger partial charge in [0, 0.05) is 5.56 Å². The van der Waals surface area contributed by atoms with Crippen LogP contribution in [-0.4, -0.2) is 30.2 Å². The SMILES string of the molecule is Cc1ccc(F)cc1C1(C(F)(F)F)N=C(C(F)(F)F)NC(C(F)(F)F)=N1. The maximum Gasteiger partial charge on any atom is 0.449 e. The van der Waals surface area contributed by atoms with Crippen LogP contribution in [0.25, 0.3) is 0 Å². The molecule has 0 saturated carbocycles. The van der Waals surface area contributed by atoms with Gasteiger partial charge in [-0.05, 0) is 24.6 Å². The molecule has 0 saturated heterocycles. The van der Waals surface area contributed by atoms with Gasteiger partial charge in [0.1, 0.15) is 5.82 Å². The van der Waals surface area contributed by atoms with Gasteiger partial charge in [-0.3, -0.25) is 0 Å². The van der Waals surface area contributed by atoms with Crippen molar-refractivity contribution in [1.82, 2.24) is 5.32 Å². The normalized spacial score (nSPS) is 18.1. The number of nitrogens with one attached hydrogen (secondary N) is 1. The summed E-state index contributed by atoms with van der Waals surface area (Å²) < 4.78 is 131. The maximum absolute atomic E-state index is 13.6. The maximum atomic E-state index is 13.6. The van der Waals surface area contributed by atoms with Gasteiger partial charge in [-0.15, -0.1) is 0 Å². The molecule has 1 heterocycles. The van der Waals surface area contributed by atoms with Crippen LogP contribution in [0.15, 0.2) is 28.2 Å². The molecule has 26 heavy (non-hydrogen) atoms. The molecule has 3 nitrogen and oxygen atoms in total. The molecule has 1 aromatic carbocycles. The highest BCUT2D eigenvalue weighted by Gasteiger charge is 2.62. The molecule has 0 amide bonds. The molecule has 1 aliphatic heterocycles. The highest BCUT2D eigenvalue weighted by atomic mass is 19.4. The van der Waals surface area contributed by atoms with Crippen molar-refractivity contribution < 1.29 is 43.9 Å². The van der Waals surface area contributed by atoms with Gasteiger partial charge in [0.2, 0.25) is 11.7 Å². The number of aryl methyl sites for hydroxylation is 1. The minimum atomic E-state index is -5.83. The molecule has 2 rings (SSSR count). The van der Waals surface area contributed by atoms with E-state index in [0.717, 1.165) is 18.3 Å². The molecule has 0 bridgehead atoms. The fourth-order valence-electron chi connectivity index (χ4n) is 2.15. The standard InChI is InChI=1S/C13H7F10N3/c1-5-2-3-6(14)4-7(5)10(13(21,22)23)25-8(11(15,16)17)24-9(26-10)12(18,19)20/h2-4H,1H3,(H,24,25,26). The van der Waals surface area contributed by atoms with E-state index in [9.17, 15) is 43.9 Å². The van der Waals surface area contributed by atoms with Crippen molar-refractivity contribution in [2.45, 2.75) is 31.1 Å². The Kier molecular flexibility index (Phi) is 4.49. The van der Waals surface area contributed by atoms with E-state index in [2.05, 4.69) is 9.98 Å². The summed E-state index contributed by atoms with van der Waals surface area (Å²) in [6.07, 6.45) is -17.2. The molecule has 144 valence electrons. The van der Waals surface area contributed by atoms with Crippen LogP contribution in [0.3, 0.4) is 0 Å². The van der Waals surface area contributed by atoms with Gasteiger partial charge < -0.3 is 5.32 Å². The molecule has 0 unspecified atom stereocenters. The Morgan fingerprint density at radius 1 is 0.846 bits per heavy atom. The van der Waals surface area contributed by atoms with Gasteiger partial charge in [-0.25, -0.2) is 14.4 Å². The Morgan fingerprint density at radius 3 is 1.69 bits per heavy atom. The second kappa shape index (κ2) is 5.84. The lowest BCUT2D eigenvalue weighted by atomic mass is 9.94. The van der Waals surface area contributed by atoms with Crippen LogP contribution in [0.2, 0.25) is 0 Å². The van der Waals surface area contributed by atoms with Crippen LogP contribution in [0, 0.1) is 12.7 Å². The Labute approximate surface area is 138 Å². The summed E-state index contributed by atoms with van der Waals surface area (Å²) in [5, 5.41) is 0.720. The second-order valence-corrected chi connectivity index (χ2v) is 5.17. The third-order valence-electron chi connectivity index (χ3n) is 3.29. The van der Waals surface area contributed by atoms with Crippen LogP contribution in [-0.2, 0) is 5.66 Å². The lowest BCUT2D eigenvalue weighted by Gasteiger charge is -2.35. The first-order chi connectivity index (χ1) is 11.6. The average molecular weight is 395 g/mol. The smallest absolute Gasteiger partial charge is 0.317 e. The predicted molar refractivity (Wildman–Crippen MR) is 69.0 cm³/mol. The largest absolute Gasteiger partial charge is 0.449 e. The minimum Gasteiger partial charge on any atom is -0.317 e. The van der Waals surface area contributed by atoms with E-state index in [1.54, 1.807) is 0 Å². The molecular formula is C13H7F10N3. The minimum absolute atomic E-state index is 0.142. The molecule has 0 spiro atoms. The van der Waals surface area contributed by atoms with Crippen LogP contribution >= 0.6 is 0 Å². The zero-order valence-electron chi connectivity index (χ0n) is 12.4. The zero-order valence-corrected chi connectivity index (χ0v) is 12.4. The Balaban J connectivity index is 2.92. The van der Waals surface area contributed by atoms with Crippen molar-refractivity contribution in [3.8, 4) is 0 Å². The second-order valence-electron chi connectivity index (χ2n) is 5.17. The summed E-state index contributed by atoms with van der Waals surface area (Å²) >= 11 is 0. The van der Waals surface area contributed by atoms with Gasteiger partial charge >= 0.3 is 18.5 Å².